The van der Waals surface area contributed by atoms with E-state index in [2.05, 4.69) is 4.74 Å². The number of rotatable bonds is 5. The standard InChI is InChI=1S/C7H7F7O2/c1-2-4(15)16-7(13,14)6(11,12)5(9,10)3-8/h2-3H2,1H3. The monoisotopic (exact) mass is 256 g/mol. The van der Waals surface area contributed by atoms with Crippen LogP contribution in [0.4, 0.5) is 30.7 Å². The Labute approximate surface area is 85.4 Å². The van der Waals surface area contributed by atoms with Gasteiger partial charge >= 0.3 is 23.9 Å². The van der Waals surface area contributed by atoms with Crippen molar-refractivity contribution in [2.45, 2.75) is 31.3 Å². The van der Waals surface area contributed by atoms with Gasteiger partial charge in [-0.15, -0.1) is 0 Å². The van der Waals surface area contributed by atoms with Crippen LogP contribution in [0.5, 0.6) is 0 Å². The lowest BCUT2D eigenvalue weighted by molar-refractivity contribution is -0.386. The zero-order chi connectivity index (χ0) is 13.2. The molecule has 0 unspecified atom stereocenters. The van der Waals surface area contributed by atoms with Crippen molar-refractivity contribution in [3.05, 3.63) is 0 Å². The Morgan fingerprint density at radius 3 is 1.88 bits per heavy atom. The normalized spacial score (nSPS) is 13.8. The molecular weight excluding hydrogens is 249 g/mol. The predicted molar refractivity (Wildman–Crippen MR) is 37.2 cm³/mol. The summed E-state index contributed by atoms with van der Waals surface area (Å²) in [5, 5.41) is 0. The quantitative estimate of drug-likeness (QED) is 0.558. The molecule has 0 aromatic carbocycles. The first kappa shape index (κ1) is 15.0. The number of hydrogen-bond donors (Lipinski definition) is 0. The summed E-state index contributed by atoms with van der Waals surface area (Å²) in [5.74, 6) is -13.5. The van der Waals surface area contributed by atoms with Crippen LogP contribution in [0.15, 0.2) is 0 Å². The van der Waals surface area contributed by atoms with E-state index in [1.807, 2.05) is 0 Å². The third kappa shape index (κ3) is 2.56. The first-order valence-electron chi connectivity index (χ1n) is 3.93. The van der Waals surface area contributed by atoms with Gasteiger partial charge < -0.3 is 4.74 Å². The fourth-order valence-electron chi connectivity index (χ4n) is 0.576. The molecule has 0 radical (unpaired) electrons. The Morgan fingerprint density at radius 2 is 1.56 bits per heavy atom. The summed E-state index contributed by atoms with van der Waals surface area (Å²) >= 11 is 0. The maximum atomic E-state index is 12.5. The van der Waals surface area contributed by atoms with Gasteiger partial charge in [0.15, 0.2) is 6.67 Å². The Morgan fingerprint density at radius 1 is 1.12 bits per heavy atom. The molecule has 0 spiro atoms. The second-order valence-corrected chi connectivity index (χ2v) is 2.76. The molecule has 0 saturated heterocycles. The van der Waals surface area contributed by atoms with Gasteiger partial charge in [0.1, 0.15) is 0 Å². The maximum absolute atomic E-state index is 12.5. The van der Waals surface area contributed by atoms with Crippen LogP contribution in [0.25, 0.3) is 0 Å². The average Bonchev–Trinajstić information content (AvgIpc) is 2.16. The van der Waals surface area contributed by atoms with Gasteiger partial charge in [0, 0.05) is 6.42 Å². The molecule has 0 heterocycles. The van der Waals surface area contributed by atoms with E-state index in [9.17, 15) is 35.5 Å². The fraction of sp³-hybridized carbons (Fsp3) is 0.857. The minimum atomic E-state index is -6.11. The molecule has 0 aliphatic heterocycles. The number of carbonyl (C=O) groups is 1. The molecule has 96 valence electrons. The summed E-state index contributed by atoms with van der Waals surface area (Å²) in [6.07, 6.45) is -6.48. The van der Waals surface area contributed by atoms with Gasteiger partial charge in [-0.25, -0.2) is 4.39 Å². The van der Waals surface area contributed by atoms with Gasteiger partial charge in [-0.2, -0.15) is 26.3 Å². The molecule has 0 aromatic rings. The third-order valence-electron chi connectivity index (χ3n) is 1.52. The molecule has 0 N–H and O–H groups in total. The zero-order valence-corrected chi connectivity index (χ0v) is 7.88. The first-order valence-corrected chi connectivity index (χ1v) is 3.93. The molecule has 0 bridgehead atoms. The lowest BCUT2D eigenvalue weighted by Gasteiger charge is -2.29. The van der Waals surface area contributed by atoms with E-state index in [4.69, 9.17) is 0 Å². The number of halogens is 7. The zero-order valence-electron chi connectivity index (χ0n) is 7.88. The van der Waals surface area contributed by atoms with Crippen molar-refractivity contribution in [2.24, 2.45) is 0 Å². The number of ether oxygens (including phenoxy) is 1. The van der Waals surface area contributed by atoms with E-state index in [0.29, 0.717) is 0 Å². The molecule has 0 saturated carbocycles. The van der Waals surface area contributed by atoms with Crippen molar-refractivity contribution < 1.29 is 40.3 Å². The largest absolute Gasteiger partial charge is 0.473 e. The molecular formula is C7H7F7O2. The molecule has 0 fully saturated rings. The highest BCUT2D eigenvalue weighted by Gasteiger charge is 2.74. The second-order valence-electron chi connectivity index (χ2n) is 2.76. The van der Waals surface area contributed by atoms with Crippen LogP contribution in [0.2, 0.25) is 0 Å². The van der Waals surface area contributed by atoms with Crippen LogP contribution < -0.4 is 0 Å². The average molecular weight is 256 g/mol. The van der Waals surface area contributed by atoms with Gasteiger partial charge in [0.05, 0.1) is 0 Å². The van der Waals surface area contributed by atoms with E-state index in [0.717, 1.165) is 6.92 Å². The number of hydrogen-bond acceptors (Lipinski definition) is 2. The lowest BCUT2D eigenvalue weighted by atomic mass is 10.1. The van der Waals surface area contributed by atoms with Gasteiger partial charge in [-0.05, 0) is 0 Å². The van der Waals surface area contributed by atoms with Gasteiger partial charge in [-0.1, -0.05) is 6.92 Å². The van der Waals surface area contributed by atoms with Crippen LogP contribution in [0, 0.1) is 0 Å². The smallest absolute Gasteiger partial charge is 0.396 e. The fourth-order valence-corrected chi connectivity index (χ4v) is 0.576. The van der Waals surface area contributed by atoms with Crippen molar-refractivity contribution in [1.29, 1.82) is 0 Å². The third-order valence-corrected chi connectivity index (χ3v) is 1.52. The first-order chi connectivity index (χ1) is 7.02. The predicted octanol–water partition coefficient (Wildman–Crippen LogP) is 2.77. The Hall–Kier alpha value is -1.02. The number of esters is 1. The van der Waals surface area contributed by atoms with Crippen molar-refractivity contribution >= 4 is 5.97 Å². The Bertz CT molecular complexity index is 263. The Kier molecular flexibility index (Phi) is 4.18. The summed E-state index contributed by atoms with van der Waals surface area (Å²) in [6, 6.07) is 0. The van der Waals surface area contributed by atoms with E-state index >= 15 is 0 Å². The van der Waals surface area contributed by atoms with E-state index in [-0.39, 0.29) is 0 Å². The van der Waals surface area contributed by atoms with Crippen molar-refractivity contribution in [3.8, 4) is 0 Å². The Balaban J connectivity index is 5.05. The SMILES string of the molecule is CCC(=O)OC(F)(F)C(F)(F)C(F)(F)CF. The van der Waals surface area contributed by atoms with Gasteiger partial charge in [-0.3, -0.25) is 4.79 Å². The minimum absolute atomic E-state index is 0.715. The molecule has 2 nitrogen and oxygen atoms in total. The van der Waals surface area contributed by atoms with Crippen molar-refractivity contribution in [2.75, 3.05) is 6.67 Å². The molecule has 9 heteroatoms. The van der Waals surface area contributed by atoms with Crippen LogP contribution in [0.1, 0.15) is 13.3 Å². The summed E-state index contributed by atoms with van der Waals surface area (Å²) in [6.45, 7) is -2.01. The summed E-state index contributed by atoms with van der Waals surface area (Å²) in [7, 11) is 0. The molecule has 16 heavy (non-hydrogen) atoms. The van der Waals surface area contributed by atoms with Crippen molar-refractivity contribution in [3.63, 3.8) is 0 Å². The second kappa shape index (κ2) is 4.46. The van der Waals surface area contributed by atoms with E-state index in [1.165, 1.54) is 0 Å². The maximum Gasteiger partial charge on any atom is 0.473 e. The molecule has 0 aromatic heterocycles. The number of alkyl halides is 7. The molecule has 0 rings (SSSR count). The highest BCUT2D eigenvalue weighted by molar-refractivity contribution is 5.69. The van der Waals surface area contributed by atoms with Gasteiger partial charge in [0.25, 0.3) is 0 Å². The summed E-state index contributed by atoms with van der Waals surface area (Å²) in [4.78, 5) is 10.3. The number of carbonyl (C=O) groups excluding carboxylic acids is 1. The minimum Gasteiger partial charge on any atom is -0.396 e. The van der Waals surface area contributed by atoms with Gasteiger partial charge in [0.2, 0.25) is 0 Å². The van der Waals surface area contributed by atoms with Crippen LogP contribution >= 0.6 is 0 Å². The van der Waals surface area contributed by atoms with Crippen LogP contribution in [0.3, 0.4) is 0 Å². The highest BCUT2D eigenvalue weighted by atomic mass is 19.4. The molecule has 0 aliphatic rings. The molecule has 0 atom stereocenters. The van der Waals surface area contributed by atoms with Crippen LogP contribution in [-0.4, -0.2) is 30.6 Å². The van der Waals surface area contributed by atoms with E-state index < -0.39 is 37.0 Å². The van der Waals surface area contributed by atoms with Crippen molar-refractivity contribution in [1.82, 2.24) is 0 Å². The topological polar surface area (TPSA) is 26.3 Å². The lowest BCUT2D eigenvalue weighted by Crippen LogP contribution is -2.57. The van der Waals surface area contributed by atoms with Crippen LogP contribution in [-0.2, 0) is 9.53 Å². The molecule has 0 aliphatic carbocycles. The van der Waals surface area contributed by atoms with E-state index in [1.54, 1.807) is 0 Å². The summed E-state index contributed by atoms with van der Waals surface area (Å²) in [5.41, 5.74) is 0. The molecule has 0 amide bonds. The highest BCUT2D eigenvalue weighted by Crippen LogP contribution is 2.46. The summed E-state index contributed by atoms with van der Waals surface area (Å²) < 4.78 is 88.6.